The van der Waals surface area contributed by atoms with Gasteiger partial charge >= 0.3 is 0 Å². The molecule has 1 atom stereocenters. The molecule has 27 heavy (non-hydrogen) atoms. The number of carbonyl (C=O) groups is 1. The number of nitrogens with zero attached hydrogens (tertiary/aromatic N) is 2. The minimum absolute atomic E-state index is 0.0696. The Labute approximate surface area is 164 Å². The van der Waals surface area contributed by atoms with Gasteiger partial charge in [-0.25, -0.2) is 4.39 Å². The van der Waals surface area contributed by atoms with Crippen LogP contribution in [0.1, 0.15) is 28.8 Å². The van der Waals surface area contributed by atoms with Crippen molar-refractivity contribution in [1.82, 2.24) is 15.1 Å². The van der Waals surface area contributed by atoms with Gasteiger partial charge in [-0.05, 0) is 60.5 Å². The van der Waals surface area contributed by atoms with E-state index in [2.05, 4.69) is 26.6 Å². The van der Waals surface area contributed by atoms with Crippen LogP contribution in [-0.4, -0.2) is 47.9 Å². The molecule has 6 heteroatoms. The second kappa shape index (κ2) is 8.50. The molecule has 1 saturated heterocycles. The number of halogens is 1. The molecule has 0 radical (unpaired) electrons. The van der Waals surface area contributed by atoms with Gasteiger partial charge in [0.25, 0.3) is 0 Å². The molecule has 1 fully saturated rings. The van der Waals surface area contributed by atoms with Crippen LogP contribution in [0.25, 0.3) is 0 Å². The van der Waals surface area contributed by atoms with Crippen molar-refractivity contribution in [2.24, 2.45) is 0 Å². The molecule has 4 nitrogen and oxygen atoms in total. The summed E-state index contributed by atoms with van der Waals surface area (Å²) in [6, 6.07) is 8.72. The van der Waals surface area contributed by atoms with Crippen LogP contribution in [0.15, 0.2) is 35.7 Å². The highest BCUT2D eigenvalue weighted by Crippen LogP contribution is 2.24. The van der Waals surface area contributed by atoms with Crippen LogP contribution in [0.3, 0.4) is 0 Å². The number of carbonyl (C=O) groups excluding carboxylic acids is 1. The molecule has 4 rings (SSSR count). The van der Waals surface area contributed by atoms with Gasteiger partial charge in [-0.2, -0.15) is 0 Å². The molecule has 0 spiro atoms. The summed E-state index contributed by atoms with van der Waals surface area (Å²) in [5.41, 5.74) is 2.50. The molecule has 1 amide bonds. The van der Waals surface area contributed by atoms with Gasteiger partial charge in [-0.15, -0.1) is 11.3 Å². The first kappa shape index (κ1) is 18.6. The lowest BCUT2D eigenvalue weighted by atomic mass is 10.1. The molecule has 1 aromatic carbocycles. The molecular weight excluding hydrogens is 361 g/mol. The standard InChI is InChI=1S/C21H26FN3OS/c22-18-5-3-16(4-6-18)14-25-10-1-2-19(25)21(26)23-9-12-24-11-7-20-17(15-24)8-13-27-20/h3-6,8,13,19H,1-2,7,9-12,14-15H2,(H,23,26). The summed E-state index contributed by atoms with van der Waals surface area (Å²) in [5.74, 6) is -0.0930. The molecule has 2 aliphatic rings. The predicted octanol–water partition coefficient (Wildman–Crippen LogP) is 3.03. The van der Waals surface area contributed by atoms with Gasteiger partial charge in [0.15, 0.2) is 0 Å². The Hall–Kier alpha value is -1.76. The summed E-state index contributed by atoms with van der Waals surface area (Å²) in [7, 11) is 0. The monoisotopic (exact) mass is 387 g/mol. The maximum atomic E-state index is 13.1. The van der Waals surface area contributed by atoms with Crippen LogP contribution in [0, 0.1) is 5.82 Å². The SMILES string of the molecule is O=C(NCCN1CCc2sccc2C1)C1CCCN1Cc1ccc(F)cc1. The van der Waals surface area contributed by atoms with E-state index in [9.17, 15) is 9.18 Å². The number of hydrogen-bond acceptors (Lipinski definition) is 4. The van der Waals surface area contributed by atoms with Gasteiger partial charge in [0.2, 0.25) is 5.91 Å². The van der Waals surface area contributed by atoms with Gasteiger partial charge in [0, 0.05) is 37.6 Å². The smallest absolute Gasteiger partial charge is 0.237 e. The number of rotatable bonds is 6. The molecule has 1 unspecified atom stereocenters. The lowest BCUT2D eigenvalue weighted by Crippen LogP contribution is -2.45. The van der Waals surface area contributed by atoms with Crippen LogP contribution >= 0.6 is 11.3 Å². The van der Waals surface area contributed by atoms with E-state index in [-0.39, 0.29) is 17.8 Å². The number of amides is 1. The van der Waals surface area contributed by atoms with E-state index >= 15 is 0 Å². The van der Waals surface area contributed by atoms with E-state index in [4.69, 9.17) is 0 Å². The molecule has 1 aromatic heterocycles. The van der Waals surface area contributed by atoms with Crippen molar-refractivity contribution in [3.63, 3.8) is 0 Å². The van der Waals surface area contributed by atoms with Crippen LogP contribution in [0.2, 0.25) is 0 Å². The first-order valence-electron chi connectivity index (χ1n) is 9.73. The van der Waals surface area contributed by atoms with E-state index in [1.807, 2.05) is 11.3 Å². The van der Waals surface area contributed by atoms with E-state index in [1.165, 1.54) is 22.6 Å². The third kappa shape index (κ3) is 4.57. The Balaban J connectivity index is 1.24. The van der Waals surface area contributed by atoms with Crippen molar-refractivity contribution in [2.75, 3.05) is 26.2 Å². The molecule has 0 saturated carbocycles. The molecule has 3 heterocycles. The van der Waals surface area contributed by atoms with E-state index in [0.717, 1.165) is 51.0 Å². The van der Waals surface area contributed by atoms with Crippen molar-refractivity contribution >= 4 is 17.2 Å². The summed E-state index contributed by atoms with van der Waals surface area (Å²) < 4.78 is 13.1. The van der Waals surface area contributed by atoms with Crippen molar-refractivity contribution in [2.45, 2.75) is 38.4 Å². The van der Waals surface area contributed by atoms with E-state index in [1.54, 1.807) is 12.1 Å². The molecule has 2 aromatic rings. The Bertz CT molecular complexity index is 776. The fraction of sp³-hybridized carbons (Fsp3) is 0.476. The summed E-state index contributed by atoms with van der Waals surface area (Å²) in [6.07, 6.45) is 3.05. The highest BCUT2D eigenvalue weighted by atomic mass is 32.1. The number of fused-ring (bicyclic) bond motifs is 1. The number of thiophene rings is 1. The van der Waals surface area contributed by atoms with Crippen molar-refractivity contribution < 1.29 is 9.18 Å². The fourth-order valence-electron chi connectivity index (χ4n) is 4.09. The van der Waals surface area contributed by atoms with Crippen LogP contribution in [0.5, 0.6) is 0 Å². The Kier molecular flexibility index (Phi) is 5.86. The number of benzene rings is 1. The van der Waals surface area contributed by atoms with E-state index < -0.39 is 0 Å². The van der Waals surface area contributed by atoms with Crippen LogP contribution < -0.4 is 5.32 Å². The Morgan fingerprint density at radius 3 is 2.93 bits per heavy atom. The van der Waals surface area contributed by atoms with Gasteiger partial charge in [-0.1, -0.05) is 12.1 Å². The first-order valence-corrected chi connectivity index (χ1v) is 10.6. The zero-order valence-electron chi connectivity index (χ0n) is 15.5. The van der Waals surface area contributed by atoms with Gasteiger partial charge in [0.1, 0.15) is 5.82 Å². The average molecular weight is 388 g/mol. The molecular formula is C21H26FN3OS. The predicted molar refractivity (Wildman–Crippen MR) is 106 cm³/mol. The molecule has 1 N–H and O–H groups in total. The highest BCUT2D eigenvalue weighted by molar-refractivity contribution is 7.10. The topological polar surface area (TPSA) is 35.6 Å². The zero-order valence-corrected chi connectivity index (χ0v) is 16.3. The fourth-order valence-corrected chi connectivity index (χ4v) is 4.98. The first-order chi connectivity index (χ1) is 13.2. The zero-order chi connectivity index (χ0) is 18.6. The largest absolute Gasteiger partial charge is 0.353 e. The summed E-state index contributed by atoms with van der Waals surface area (Å²) in [4.78, 5) is 18.8. The Morgan fingerprint density at radius 1 is 1.22 bits per heavy atom. The maximum Gasteiger partial charge on any atom is 0.237 e. The minimum Gasteiger partial charge on any atom is -0.353 e. The lowest BCUT2D eigenvalue weighted by molar-refractivity contribution is -0.125. The van der Waals surface area contributed by atoms with Crippen LogP contribution in [-0.2, 0) is 24.3 Å². The minimum atomic E-state index is -0.221. The quantitative estimate of drug-likeness (QED) is 0.828. The molecule has 0 bridgehead atoms. The molecule has 0 aliphatic carbocycles. The van der Waals surface area contributed by atoms with Gasteiger partial charge in [0.05, 0.1) is 6.04 Å². The average Bonchev–Trinajstić information content (AvgIpc) is 3.32. The summed E-state index contributed by atoms with van der Waals surface area (Å²) in [6.45, 7) is 5.27. The Morgan fingerprint density at radius 2 is 2.07 bits per heavy atom. The molecule has 144 valence electrons. The second-order valence-electron chi connectivity index (χ2n) is 7.44. The second-order valence-corrected chi connectivity index (χ2v) is 8.44. The third-order valence-corrected chi connectivity index (χ3v) is 6.60. The molecule has 2 aliphatic heterocycles. The van der Waals surface area contributed by atoms with Gasteiger partial charge < -0.3 is 5.32 Å². The van der Waals surface area contributed by atoms with Gasteiger partial charge in [-0.3, -0.25) is 14.6 Å². The van der Waals surface area contributed by atoms with Crippen LogP contribution in [0.4, 0.5) is 4.39 Å². The van der Waals surface area contributed by atoms with Crippen molar-refractivity contribution in [3.8, 4) is 0 Å². The highest BCUT2D eigenvalue weighted by Gasteiger charge is 2.30. The van der Waals surface area contributed by atoms with Crippen molar-refractivity contribution in [3.05, 3.63) is 57.5 Å². The van der Waals surface area contributed by atoms with Crippen molar-refractivity contribution in [1.29, 1.82) is 0 Å². The third-order valence-electron chi connectivity index (χ3n) is 5.58. The number of nitrogens with one attached hydrogen (secondary N) is 1. The maximum absolute atomic E-state index is 13.1. The summed E-state index contributed by atoms with van der Waals surface area (Å²) >= 11 is 1.85. The summed E-state index contributed by atoms with van der Waals surface area (Å²) in [5, 5.41) is 5.31. The van der Waals surface area contributed by atoms with E-state index in [0.29, 0.717) is 13.1 Å². The number of likely N-dealkylation sites (tertiary alicyclic amines) is 1. The lowest BCUT2D eigenvalue weighted by Gasteiger charge is -2.28. The number of hydrogen-bond donors (Lipinski definition) is 1. The normalized spacial score (nSPS) is 20.6.